The summed E-state index contributed by atoms with van der Waals surface area (Å²) in [6.07, 6.45) is 39.4. The minimum absolute atomic E-state index is 0.145. The van der Waals surface area contributed by atoms with E-state index in [1.165, 1.54) is 167 Å². The Morgan fingerprint density at radius 2 is 0.966 bits per heavy atom. The number of ether oxygens (including phenoxy) is 2. The van der Waals surface area contributed by atoms with Crippen LogP contribution < -0.4 is 5.32 Å². The standard InChI is InChI=1S/C49H95NO8/c1-3-5-7-9-11-13-15-17-19-20-21-22-23-25-27-29-31-33-35-37-39-45(53)50-42(41-57-49-48(56)47(55)46(54)44(40-51)58-49)43(52)38-36-34-32-30-28-26-24-18-16-14-12-10-8-6-4-2/h28,30,42-44,46-49,51-52,54-56H,3-27,29,31-41H2,1-2H3,(H,50,53)/b30-28+/t42-,43+,44-,46-,47?,48?,49-/m0/s1. The lowest BCUT2D eigenvalue weighted by Crippen LogP contribution is -2.60. The van der Waals surface area contributed by atoms with E-state index in [0.29, 0.717) is 12.8 Å². The third-order valence-electron chi connectivity index (χ3n) is 12.1. The van der Waals surface area contributed by atoms with Gasteiger partial charge in [0.1, 0.15) is 24.4 Å². The minimum atomic E-state index is -1.55. The van der Waals surface area contributed by atoms with Crippen molar-refractivity contribution in [2.45, 2.75) is 281 Å². The molecule has 1 heterocycles. The third kappa shape index (κ3) is 30.0. The van der Waals surface area contributed by atoms with Gasteiger partial charge in [0.2, 0.25) is 5.91 Å². The van der Waals surface area contributed by atoms with Gasteiger partial charge in [0.25, 0.3) is 0 Å². The van der Waals surface area contributed by atoms with Crippen molar-refractivity contribution in [2.75, 3.05) is 13.2 Å². The number of unbranched alkanes of at least 4 members (excludes halogenated alkanes) is 30. The van der Waals surface area contributed by atoms with E-state index >= 15 is 0 Å². The normalized spacial score (nSPS) is 20.8. The van der Waals surface area contributed by atoms with E-state index < -0.39 is 49.5 Å². The Morgan fingerprint density at radius 3 is 1.40 bits per heavy atom. The smallest absolute Gasteiger partial charge is 0.220 e. The fourth-order valence-corrected chi connectivity index (χ4v) is 8.10. The van der Waals surface area contributed by atoms with Gasteiger partial charge in [-0.25, -0.2) is 0 Å². The van der Waals surface area contributed by atoms with Gasteiger partial charge in [-0.15, -0.1) is 0 Å². The molecule has 0 saturated carbocycles. The van der Waals surface area contributed by atoms with Crippen molar-refractivity contribution in [3.63, 3.8) is 0 Å². The largest absolute Gasteiger partial charge is 0.394 e. The molecule has 0 aromatic carbocycles. The quantitative estimate of drug-likeness (QED) is 0.0263. The lowest BCUT2D eigenvalue weighted by molar-refractivity contribution is -0.302. The van der Waals surface area contributed by atoms with Crippen LogP contribution in [-0.4, -0.2) is 87.5 Å². The second-order valence-electron chi connectivity index (χ2n) is 17.6. The number of nitrogens with one attached hydrogen (secondary N) is 1. The summed E-state index contributed by atoms with van der Waals surface area (Å²) in [5.41, 5.74) is 0. The summed E-state index contributed by atoms with van der Waals surface area (Å²) in [4.78, 5) is 13.0. The highest BCUT2D eigenvalue weighted by molar-refractivity contribution is 5.76. The molecule has 0 aromatic rings. The van der Waals surface area contributed by atoms with Crippen molar-refractivity contribution in [1.82, 2.24) is 5.32 Å². The van der Waals surface area contributed by atoms with Crippen LogP contribution in [0.25, 0.3) is 0 Å². The molecule has 2 unspecified atom stereocenters. The van der Waals surface area contributed by atoms with Gasteiger partial charge in [0.15, 0.2) is 6.29 Å². The zero-order valence-electron chi connectivity index (χ0n) is 37.8. The molecule has 7 atom stereocenters. The molecule has 1 amide bonds. The molecule has 1 rings (SSSR count). The molecule has 0 aromatic heterocycles. The van der Waals surface area contributed by atoms with Crippen molar-refractivity contribution in [3.8, 4) is 0 Å². The van der Waals surface area contributed by atoms with E-state index in [0.717, 1.165) is 44.9 Å². The van der Waals surface area contributed by atoms with Crippen LogP contribution in [0.1, 0.15) is 239 Å². The first-order chi connectivity index (χ1) is 28.3. The van der Waals surface area contributed by atoms with Gasteiger partial charge < -0.3 is 40.3 Å². The summed E-state index contributed by atoms with van der Waals surface area (Å²) in [5.74, 6) is -0.150. The fraction of sp³-hybridized carbons (Fsp3) is 0.939. The molecule has 1 aliphatic rings. The van der Waals surface area contributed by atoms with E-state index in [1.54, 1.807) is 0 Å². The number of aliphatic hydroxyl groups is 5. The molecule has 1 saturated heterocycles. The Morgan fingerprint density at radius 1 is 0.569 bits per heavy atom. The minimum Gasteiger partial charge on any atom is -0.394 e. The highest BCUT2D eigenvalue weighted by Crippen LogP contribution is 2.23. The van der Waals surface area contributed by atoms with E-state index in [9.17, 15) is 30.3 Å². The molecule has 9 heteroatoms. The summed E-state index contributed by atoms with van der Waals surface area (Å²) < 4.78 is 11.3. The van der Waals surface area contributed by atoms with E-state index in [2.05, 4.69) is 31.3 Å². The van der Waals surface area contributed by atoms with Crippen LogP contribution >= 0.6 is 0 Å². The van der Waals surface area contributed by atoms with Crippen LogP contribution in [0.2, 0.25) is 0 Å². The SMILES string of the molecule is CCCCCCCCCCC/C=C/CCCC[C@@H](O)[C@H](CO[C@H]1O[C@@H](CO)[C@H](O)C(O)C1O)NC(=O)CCCCCCCCCCCCCCCCCCCCCC. The van der Waals surface area contributed by atoms with Crippen molar-refractivity contribution in [3.05, 3.63) is 12.2 Å². The van der Waals surface area contributed by atoms with Gasteiger partial charge in [-0.3, -0.25) is 4.79 Å². The highest BCUT2D eigenvalue weighted by atomic mass is 16.7. The Bertz CT molecular complexity index is 919. The van der Waals surface area contributed by atoms with Crippen LogP contribution in [0, 0.1) is 0 Å². The Labute approximate surface area is 356 Å². The van der Waals surface area contributed by atoms with E-state index in [4.69, 9.17) is 9.47 Å². The zero-order chi connectivity index (χ0) is 42.3. The molecule has 0 radical (unpaired) electrons. The highest BCUT2D eigenvalue weighted by Gasteiger charge is 2.44. The van der Waals surface area contributed by atoms with Crippen molar-refractivity contribution >= 4 is 5.91 Å². The average molecular weight is 826 g/mol. The summed E-state index contributed by atoms with van der Waals surface area (Å²) >= 11 is 0. The number of carbonyl (C=O) groups is 1. The molecule has 6 N–H and O–H groups in total. The summed E-state index contributed by atoms with van der Waals surface area (Å²) in [7, 11) is 0. The lowest BCUT2D eigenvalue weighted by Gasteiger charge is -2.40. The van der Waals surface area contributed by atoms with Crippen LogP contribution in [-0.2, 0) is 14.3 Å². The second kappa shape index (κ2) is 40.0. The van der Waals surface area contributed by atoms with Gasteiger partial charge in [-0.1, -0.05) is 206 Å². The predicted octanol–water partition coefficient (Wildman–Crippen LogP) is 10.9. The van der Waals surface area contributed by atoms with Crippen LogP contribution in [0.15, 0.2) is 12.2 Å². The molecule has 344 valence electrons. The van der Waals surface area contributed by atoms with Gasteiger partial charge in [-0.2, -0.15) is 0 Å². The number of hydrogen-bond acceptors (Lipinski definition) is 8. The molecule has 58 heavy (non-hydrogen) atoms. The number of hydrogen-bond donors (Lipinski definition) is 6. The first kappa shape index (κ1) is 54.9. The van der Waals surface area contributed by atoms with Crippen molar-refractivity contribution < 1.29 is 39.8 Å². The molecule has 9 nitrogen and oxygen atoms in total. The Balaban J connectivity index is 2.28. The topological polar surface area (TPSA) is 149 Å². The van der Waals surface area contributed by atoms with Gasteiger partial charge in [0, 0.05) is 6.42 Å². The number of allylic oxidation sites excluding steroid dienone is 2. The number of rotatable bonds is 42. The van der Waals surface area contributed by atoms with Gasteiger partial charge >= 0.3 is 0 Å². The van der Waals surface area contributed by atoms with Crippen LogP contribution in [0.3, 0.4) is 0 Å². The molecule has 1 fully saturated rings. The molecule has 0 spiro atoms. The van der Waals surface area contributed by atoms with Crippen LogP contribution in [0.5, 0.6) is 0 Å². The maximum atomic E-state index is 13.0. The lowest BCUT2D eigenvalue weighted by atomic mass is 9.99. The molecular weight excluding hydrogens is 731 g/mol. The van der Waals surface area contributed by atoms with Crippen molar-refractivity contribution in [1.29, 1.82) is 0 Å². The molecular formula is C49H95NO8. The van der Waals surface area contributed by atoms with Crippen LogP contribution in [0.4, 0.5) is 0 Å². The number of amides is 1. The third-order valence-corrected chi connectivity index (χ3v) is 12.1. The predicted molar refractivity (Wildman–Crippen MR) is 240 cm³/mol. The van der Waals surface area contributed by atoms with E-state index in [1.807, 2.05) is 0 Å². The molecule has 1 aliphatic heterocycles. The fourth-order valence-electron chi connectivity index (χ4n) is 8.10. The first-order valence-corrected chi connectivity index (χ1v) is 24.9. The first-order valence-electron chi connectivity index (χ1n) is 24.9. The zero-order valence-corrected chi connectivity index (χ0v) is 37.8. The number of carbonyl (C=O) groups excluding carboxylic acids is 1. The summed E-state index contributed by atoms with van der Waals surface area (Å²) in [6, 6.07) is -0.729. The summed E-state index contributed by atoms with van der Waals surface area (Å²) in [6.45, 7) is 3.84. The number of aliphatic hydroxyl groups excluding tert-OH is 5. The maximum absolute atomic E-state index is 13.0. The Hall–Kier alpha value is -1.07. The van der Waals surface area contributed by atoms with E-state index in [-0.39, 0.29) is 12.5 Å². The maximum Gasteiger partial charge on any atom is 0.220 e. The summed E-state index contributed by atoms with van der Waals surface area (Å²) in [5, 5.41) is 54.4. The molecule has 0 bridgehead atoms. The van der Waals surface area contributed by atoms with Crippen molar-refractivity contribution in [2.24, 2.45) is 0 Å². The van der Waals surface area contributed by atoms with Gasteiger partial charge in [0.05, 0.1) is 25.4 Å². The monoisotopic (exact) mass is 826 g/mol. The van der Waals surface area contributed by atoms with Gasteiger partial charge in [-0.05, 0) is 38.5 Å². The second-order valence-corrected chi connectivity index (χ2v) is 17.6. The average Bonchev–Trinajstić information content (AvgIpc) is 3.22. The Kier molecular flexibility index (Phi) is 37.9. The molecule has 0 aliphatic carbocycles.